The fourth-order valence-corrected chi connectivity index (χ4v) is 3.00. The largest absolute Gasteiger partial charge is 0.395 e. The van der Waals surface area contributed by atoms with E-state index < -0.39 is 12.1 Å². The number of halogens is 3. The highest BCUT2D eigenvalue weighted by atomic mass is 19.4. The third-order valence-electron chi connectivity index (χ3n) is 4.20. The first-order valence-electron chi connectivity index (χ1n) is 7.61. The zero-order valence-electron chi connectivity index (χ0n) is 12.6. The van der Waals surface area contributed by atoms with Crippen LogP contribution in [0.4, 0.5) is 13.2 Å². The van der Waals surface area contributed by atoms with Gasteiger partial charge in [-0.05, 0) is 44.5 Å². The number of aromatic nitrogens is 2. The number of rotatable bonds is 3. The van der Waals surface area contributed by atoms with Crippen LogP contribution in [0.25, 0.3) is 5.70 Å². The van der Waals surface area contributed by atoms with Crippen molar-refractivity contribution in [2.24, 2.45) is 5.92 Å². The molecule has 0 bridgehead atoms. The number of allylic oxidation sites excluding steroid dienone is 4. The number of nitrogens with zero attached hydrogens (tertiary/aromatic N) is 4. The number of hydrogen-bond acceptors (Lipinski definition) is 3. The fraction of sp³-hybridized carbons (Fsp3) is 0.500. The zero-order chi connectivity index (χ0) is 16.4. The van der Waals surface area contributed by atoms with Crippen LogP contribution < -0.4 is 0 Å². The van der Waals surface area contributed by atoms with Crippen LogP contribution >= 0.6 is 0 Å². The standard InChI is InChI=1S/C16H17F3N4/c17-16(18,19)14-5-12(8-20)6-15(7-14)23-11-13(9-21-23)10-22-3-1-2-4-22/h6-7,9,11,14H,1-5,10H2. The molecule has 3 rings (SSSR count). The van der Waals surface area contributed by atoms with Gasteiger partial charge in [0.1, 0.15) is 0 Å². The lowest BCUT2D eigenvalue weighted by Crippen LogP contribution is -2.24. The maximum Gasteiger partial charge on any atom is 0.395 e. The number of nitriles is 1. The minimum Gasteiger partial charge on any atom is -0.299 e. The van der Waals surface area contributed by atoms with Gasteiger partial charge >= 0.3 is 6.18 Å². The average Bonchev–Trinajstić information content (AvgIpc) is 3.18. The summed E-state index contributed by atoms with van der Waals surface area (Å²) < 4.78 is 40.4. The van der Waals surface area contributed by atoms with E-state index in [1.165, 1.54) is 23.6 Å². The summed E-state index contributed by atoms with van der Waals surface area (Å²) in [6, 6.07) is 1.84. The molecule has 23 heavy (non-hydrogen) atoms. The van der Waals surface area contributed by atoms with E-state index in [0.29, 0.717) is 5.70 Å². The second kappa shape index (κ2) is 6.20. The molecular weight excluding hydrogens is 305 g/mol. The number of hydrogen-bond donors (Lipinski definition) is 0. The summed E-state index contributed by atoms with van der Waals surface area (Å²) in [4.78, 5) is 2.30. The van der Waals surface area contributed by atoms with Gasteiger partial charge in [0.25, 0.3) is 0 Å². The first kappa shape index (κ1) is 15.8. The molecule has 1 aliphatic heterocycles. The molecule has 122 valence electrons. The third kappa shape index (κ3) is 3.64. The maximum absolute atomic E-state index is 13.0. The molecule has 1 fully saturated rings. The van der Waals surface area contributed by atoms with Crippen LogP contribution in [0.1, 0.15) is 24.8 Å². The van der Waals surface area contributed by atoms with E-state index in [4.69, 9.17) is 5.26 Å². The molecule has 0 aromatic carbocycles. The summed E-state index contributed by atoms with van der Waals surface area (Å²) in [6.07, 6.45) is 3.76. The Kier molecular flexibility index (Phi) is 4.26. The van der Waals surface area contributed by atoms with Crippen LogP contribution in [0.3, 0.4) is 0 Å². The van der Waals surface area contributed by atoms with Gasteiger partial charge in [0.05, 0.1) is 23.9 Å². The SMILES string of the molecule is N#CC1=CC(n2cc(CN3CCCC3)cn2)=CC(C(F)(F)F)C1. The fourth-order valence-electron chi connectivity index (χ4n) is 3.00. The molecule has 1 aromatic heterocycles. The molecule has 2 heterocycles. The van der Waals surface area contributed by atoms with E-state index in [0.717, 1.165) is 31.3 Å². The van der Waals surface area contributed by atoms with Gasteiger partial charge in [-0.15, -0.1) is 0 Å². The molecule has 0 saturated carbocycles. The second-order valence-electron chi connectivity index (χ2n) is 6.00. The summed E-state index contributed by atoms with van der Waals surface area (Å²) in [6.45, 7) is 2.84. The summed E-state index contributed by atoms with van der Waals surface area (Å²) in [5.41, 5.74) is 1.40. The summed E-state index contributed by atoms with van der Waals surface area (Å²) >= 11 is 0. The van der Waals surface area contributed by atoms with Crippen LogP contribution in [-0.4, -0.2) is 33.9 Å². The van der Waals surface area contributed by atoms with Crippen molar-refractivity contribution < 1.29 is 13.2 Å². The first-order chi connectivity index (χ1) is 11.0. The Labute approximate surface area is 132 Å². The van der Waals surface area contributed by atoms with E-state index in [2.05, 4.69) is 10.00 Å². The Bertz CT molecular complexity index is 672. The maximum atomic E-state index is 13.0. The van der Waals surface area contributed by atoms with Crippen LogP contribution in [0.2, 0.25) is 0 Å². The van der Waals surface area contributed by atoms with Gasteiger partial charge in [-0.25, -0.2) is 4.68 Å². The monoisotopic (exact) mass is 322 g/mol. The Morgan fingerprint density at radius 2 is 2.04 bits per heavy atom. The molecule has 0 spiro atoms. The lowest BCUT2D eigenvalue weighted by molar-refractivity contribution is -0.160. The van der Waals surface area contributed by atoms with E-state index in [9.17, 15) is 13.2 Å². The summed E-state index contributed by atoms with van der Waals surface area (Å²) in [7, 11) is 0. The minimum absolute atomic E-state index is 0.126. The topological polar surface area (TPSA) is 44.9 Å². The third-order valence-corrected chi connectivity index (χ3v) is 4.20. The Morgan fingerprint density at radius 3 is 2.70 bits per heavy atom. The molecule has 1 unspecified atom stereocenters. The first-order valence-corrected chi connectivity index (χ1v) is 7.61. The van der Waals surface area contributed by atoms with E-state index in [1.54, 1.807) is 12.4 Å². The smallest absolute Gasteiger partial charge is 0.299 e. The van der Waals surface area contributed by atoms with E-state index >= 15 is 0 Å². The van der Waals surface area contributed by atoms with Gasteiger partial charge in [0.15, 0.2) is 0 Å². The van der Waals surface area contributed by atoms with E-state index in [1.807, 2.05) is 6.07 Å². The highest BCUT2D eigenvalue weighted by molar-refractivity contribution is 5.62. The van der Waals surface area contributed by atoms with E-state index in [-0.39, 0.29) is 12.0 Å². The lowest BCUT2D eigenvalue weighted by Gasteiger charge is -2.21. The molecule has 0 N–H and O–H groups in total. The molecule has 4 nitrogen and oxygen atoms in total. The number of likely N-dealkylation sites (tertiary alicyclic amines) is 1. The molecule has 0 radical (unpaired) electrons. The van der Waals surface area contributed by atoms with Crippen molar-refractivity contribution >= 4 is 5.70 Å². The number of alkyl halides is 3. The molecular formula is C16H17F3N4. The van der Waals surface area contributed by atoms with Gasteiger partial charge in [0, 0.05) is 23.9 Å². The van der Waals surface area contributed by atoms with Crippen molar-refractivity contribution in [1.82, 2.24) is 14.7 Å². The molecule has 1 aliphatic carbocycles. The normalized spacial score (nSPS) is 22.6. The minimum atomic E-state index is -4.35. The highest BCUT2D eigenvalue weighted by Gasteiger charge is 2.40. The Hall–Kier alpha value is -2.07. The van der Waals surface area contributed by atoms with Gasteiger partial charge in [-0.2, -0.15) is 23.5 Å². The van der Waals surface area contributed by atoms with Crippen LogP contribution in [-0.2, 0) is 6.54 Å². The predicted molar refractivity (Wildman–Crippen MR) is 78.9 cm³/mol. The Morgan fingerprint density at radius 1 is 1.30 bits per heavy atom. The van der Waals surface area contributed by atoms with Gasteiger partial charge in [-0.3, -0.25) is 4.90 Å². The van der Waals surface area contributed by atoms with Crippen molar-refractivity contribution in [1.29, 1.82) is 5.26 Å². The highest BCUT2D eigenvalue weighted by Crippen LogP contribution is 2.36. The summed E-state index contributed by atoms with van der Waals surface area (Å²) in [5, 5.41) is 13.2. The van der Waals surface area contributed by atoms with Gasteiger partial charge in [0.2, 0.25) is 0 Å². The van der Waals surface area contributed by atoms with Crippen molar-refractivity contribution in [2.45, 2.75) is 32.0 Å². The van der Waals surface area contributed by atoms with Gasteiger partial charge < -0.3 is 0 Å². The Balaban J connectivity index is 1.81. The van der Waals surface area contributed by atoms with Crippen molar-refractivity contribution in [3.63, 3.8) is 0 Å². The summed E-state index contributed by atoms with van der Waals surface area (Å²) in [5.74, 6) is -1.64. The average molecular weight is 322 g/mol. The molecule has 0 amide bonds. The van der Waals surface area contributed by atoms with Crippen molar-refractivity contribution in [2.75, 3.05) is 13.1 Å². The van der Waals surface area contributed by atoms with Crippen LogP contribution in [0.15, 0.2) is 30.1 Å². The van der Waals surface area contributed by atoms with Crippen LogP contribution in [0, 0.1) is 17.2 Å². The quantitative estimate of drug-likeness (QED) is 0.857. The predicted octanol–water partition coefficient (Wildman–Crippen LogP) is 3.35. The molecule has 1 saturated heterocycles. The molecule has 1 atom stereocenters. The lowest BCUT2D eigenvalue weighted by atomic mass is 9.93. The van der Waals surface area contributed by atoms with Gasteiger partial charge in [-0.1, -0.05) is 0 Å². The van der Waals surface area contributed by atoms with Crippen molar-refractivity contribution in [3.05, 3.63) is 35.7 Å². The molecule has 7 heteroatoms. The zero-order valence-corrected chi connectivity index (χ0v) is 12.6. The second-order valence-corrected chi connectivity index (χ2v) is 6.00. The molecule has 1 aromatic rings. The van der Waals surface area contributed by atoms with Crippen molar-refractivity contribution in [3.8, 4) is 6.07 Å². The molecule has 2 aliphatic rings. The van der Waals surface area contributed by atoms with Crippen LogP contribution in [0.5, 0.6) is 0 Å².